The van der Waals surface area contributed by atoms with Gasteiger partial charge in [-0.25, -0.2) is 9.80 Å². The molecule has 1 unspecified atom stereocenters. The summed E-state index contributed by atoms with van der Waals surface area (Å²) in [7, 11) is 0. The lowest BCUT2D eigenvalue weighted by Crippen LogP contribution is -2.46. The number of nitrogens with one attached hydrogen (secondary N) is 1. The van der Waals surface area contributed by atoms with Crippen LogP contribution in [-0.2, 0) is 9.59 Å². The zero-order valence-corrected chi connectivity index (χ0v) is 18.8. The molecule has 34 heavy (non-hydrogen) atoms. The van der Waals surface area contributed by atoms with E-state index in [9.17, 15) is 14.4 Å². The van der Waals surface area contributed by atoms with Crippen LogP contribution in [0.25, 0.3) is 22.1 Å². The summed E-state index contributed by atoms with van der Waals surface area (Å²) < 4.78 is 11.0. The third-order valence-corrected chi connectivity index (χ3v) is 6.58. The molecular weight excluding hydrogens is 452 g/mol. The van der Waals surface area contributed by atoms with Crippen LogP contribution in [0.1, 0.15) is 10.9 Å². The average molecular weight is 473 g/mol. The molecule has 1 N–H and O–H groups in total. The topological polar surface area (TPSA) is 88.8 Å². The van der Waals surface area contributed by atoms with Crippen LogP contribution < -0.4 is 15.8 Å². The summed E-state index contributed by atoms with van der Waals surface area (Å²) in [6.45, 7) is -0.302. The van der Waals surface area contributed by atoms with E-state index < -0.39 is 11.5 Å². The van der Waals surface area contributed by atoms with E-state index in [1.807, 2.05) is 60.7 Å². The molecule has 8 heteroatoms. The van der Waals surface area contributed by atoms with Crippen molar-refractivity contribution in [2.45, 2.75) is 5.37 Å². The van der Waals surface area contributed by atoms with Crippen LogP contribution in [0, 0.1) is 0 Å². The SMILES string of the molecule is O=C(COc1ccc2c(-c3ccccc3)cc(=O)oc2c1)NN1C(=O)CSC1c1ccccc1. The van der Waals surface area contributed by atoms with E-state index in [2.05, 4.69) is 5.43 Å². The fourth-order valence-corrected chi connectivity index (χ4v) is 4.92. The van der Waals surface area contributed by atoms with Gasteiger partial charge in [-0.3, -0.25) is 15.0 Å². The maximum atomic E-state index is 12.5. The molecule has 4 aromatic rings. The zero-order valence-electron chi connectivity index (χ0n) is 18.0. The Morgan fingerprint density at radius 2 is 1.74 bits per heavy atom. The minimum atomic E-state index is -0.474. The van der Waals surface area contributed by atoms with Gasteiger partial charge in [0.1, 0.15) is 16.7 Å². The third kappa shape index (κ3) is 4.53. The molecule has 1 fully saturated rings. The minimum absolute atomic E-state index is 0.173. The Morgan fingerprint density at radius 1 is 1.00 bits per heavy atom. The lowest BCUT2D eigenvalue weighted by Gasteiger charge is -2.24. The fraction of sp³-hybridized carbons (Fsp3) is 0.115. The highest BCUT2D eigenvalue weighted by Crippen LogP contribution is 2.37. The Balaban J connectivity index is 1.30. The van der Waals surface area contributed by atoms with Gasteiger partial charge in [0, 0.05) is 17.5 Å². The Morgan fingerprint density at radius 3 is 2.50 bits per heavy atom. The summed E-state index contributed by atoms with van der Waals surface area (Å²) in [5.74, 6) is 0.0240. The first-order chi connectivity index (χ1) is 16.6. The number of nitrogens with zero attached hydrogens (tertiary/aromatic N) is 1. The molecule has 0 spiro atoms. The molecule has 1 atom stereocenters. The molecule has 170 valence electrons. The van der Waals surface area contributed by atoms with E-state index in [-0.39, 0.29) is 23.6 Å². The van der Waals surface area contributed by atoms with Crippen molar-refractivity contribution in [2.75, 3.05) is 12.4 Å². The summed E-state index contributed by atoms with van der Waals surface area (Å²) in [6.07, 6.45) is 0. The Labute approximate surface area is 199 Å². The first-order valence-corrected chi connectivity index (χ1v) is 11.7. The summed E-state index contributed by atoms with van der Waals surface area (Å²) in [5, 5.41) is 1.81. The zero-order chi connectivity index (χ0) is 23.5. The van der Waals surface area contributed by atoms with Crippen LogP contribution in [0.4, 0.5) is 0 Å². The molecule has 1 aliphatic rings. The Bertz CT molecular complexity index is 1410. The Kier molecular flexibility index (Phi) is 6.05. The molecule has 5 rings (SSSR count). The number of amides is 2. The molecule has 1 saturated heterocycles. The van der Waals surface area contributed by atoms with Gasteiger partial charge in [-0.15, -0.1) is 11.8 Å². The molecule has 2 heterocycles. The van der Waals surface area contributed by atoms with Crippen molar-refractivity contribution in [3.8, 4) is 16.9 Å². The summed E-state index contributed by atoms with van der Waals surface area (Å²) >= 11 is 1.45. The van der Waals surface area contributed by atoms with Crippen molar-refractivity contribution in [1.29, 1.82) is 0 Å². The molecule has 3 aromatic carbocycles. The standard InChI is InChI=1S/C26H20N2O5S/c29-23(27-28-24(30)16-34-26(28)18-9-5-2-6-10-18)15-32-19-11-12-20-21(17-7-3-1-4-8-17)14-25(31)33-22(20)13-19/h1-14,26H,15-16H2,(H,27,29). The first-order valence-electron chi connectivity index (χ1n) is 10.6. The number of benzene rings is 3. The van der Waals surface area contributed by atoms with Gasteiger partial charge in [0.05, 0.1) is 5.75 Å². The number of thioether (sulfide) groups is 1. The van der Waals surface area contributed by atoms with Gasteiger partial charge in [0.25, 0.3) is 11.8 Å². The van der Waals surface area contributed by atoms with Gasteiger partial charge in [-0.1, -0.05) is 60.7 Å². The molecule has 1 aromatic heterocycles. The van der Waals surface area contributed by atoms with Gasteiger partial charge in [0.2, 0.25) is 0 Å². The molecule has 0 saturated carbocycles. The van der Waals surface area contributed by atoms with Crippen molar-refractivity contribution in [1.82, 2.24) is 10.4 Å². The number of hydrogen-bond acceptors (Lipinski definition) is 6. The fourth-order valence-electron chi connectivity index (χ4n) is 3.81. The molecule has 1 aliphatic heterocycles. The first kappa shape index (κ1) is 21.8. The molecule has 2 amide bonds. The number of fused-ring (bicyclic) bond motifs is 1. The van der Waals surface area contributed by atoms with Crippen LogP contribution in [0.5, 0.6) is 5.75 Å². The van der Waals surface area contributed by atoms with Crippen LogP contribution in [0.3, 0.4) is 0 Å². The smallest absolute Gasteiger partial charge is 0.336 e. The van der Waals surface area contributed by atoms with Crippen molar-refractivity contribution >= 4 is 34.5 Å². The molecule has 7 nitrogen and oxygen atoms in total. The highest BCUT2D eigenvalue weighted by molar-refractivity contribution is 8.00. The van der Waals surface area contributed by atoms with E-state index in [1.165, 1.54) is 22.8 Å². The second kappa shape index (κ2) is 9.44. The largest absolute Gasteiger partial charge is 0.484 e. The number of hydrazine groups is 1. The second-order valence-electron chi connectivity index (χ2n) is 7.66. The average Bonchev–Trinajstić information content (AvgIpc) is 3.22. The maximum absolute atomic E-state index is 12.5. The van der Waals surface area contributed by atoms with Gasteiger partial charge < -0.3 is 9.15 Å². The van der Waals surface area contributed by atoms with E-state index in [1.54, 1.807) is 18.2 Å². The van der Waals surface area contributed by atoms with Crippen LogP contribution in [-0.4, -0.2) is 29.2 Å². The maximum Gasteiger partial charge on any atom is 0.336 e. The highest BCUT2D eigenvalue weighted by atomic mass is 32.2. The predicted molar refractivity (Wildman–Crippen MR) is 130 cm³/mol. The summed E-state index contributed by atoms with van der Waals surface area (Å²) in [4.78, 5) is 37.0. The van der Waals surface area contributed by atoms with E-state index in [0.29, 0.717) is 11.3 Å². The lowest BCUT2D eigenvalue weighted by molar-refractivity contribution is -0.140. The summed E-state index contributed by atoms with van der Waals surface area (Å²) in [5.41, 5.74) is 5.12. The Hall–Kier alpha value is -4.04. The van der Waals surface area contributed by atoms with Crippen molar-refractivity contribution in [3.05, 3.63) is 101 Å². The number of carbonyl (C=O) groups excluding carboxylic acids is 2. The van der Waals surface area contributed by atoms with Crippen molar-refractivity contribution < 1.29 is 18.7 Å². The number of rotatable bonds is 6. The molecule has 0 radical (unpaired) electrons. The van der Waals surface area contributed by atoms with Gasteiger partial charge in [0.15, 0.2) is 6.61 Å². The van der Waals surface area contributed by atoms with Crippen LogP contribution >= 0.6 is 11.8 Å². The normalized spacial score (nSPS) is 15.5. The van der Waals surface area contributed by atoms with E-state index in [0.717, 1.165) is 22.1 Å². The van der Waals surface area contributed by atoms with Crippen LogP contribution in [0.15, 0.2) is 94.1 Å². The van der Waals surface area contributed by atoms with Crippen LogP contribution in [0.2, 0.25) is 0 Å². The van der Waals surface area contributed by atoms with Gasteiger partial charge >= 0.3 is 5.63 Å². The summed E-state index contributed by atoms with van der Waals surface area (Å²) in [6, 6.07) is 25.6. The number of carbonyl (C=O) groups is 2. The predicted octanol–water partition coefficient (Wildman–Crippen LogP) is 4.14. The lowest BCUT2D eigenvalue weighted by atomic mass is 10.0. The molecule has 0 bridgehead atoms. The van der Waals surface area contributed by atoms with E-state index in [4.69, 9.17) is 9.15 Å². The van der Waals surface area contributed by atoms with E-state index >= 15 is 0 Å². The molecule has 0 aliphatic carbocycles. The minimum Gasteiger partial charge on any atom is -0.484 e. The quantitative estimate of drug-likeness (QED) is 0.424. The number of ether oxygens (including phenoxy) is 1. The second-order valence-corrected chi connectivity index (χ2v) is 8.73. The monoisotopic (exact) mass is 472 g/mol. The van der Waals surface area contributed by atoms with Crippen molar-refractivity contribution in [3.63, 3.8) is 0 Å². The van der Waals surface area contributed by atoms with Gasteiger partial charge in [-0.2, -0.15) is 0 Å². The number of hydrogen-bond donors (Lipinski definition) is 1. The molecular formula is C26H20N2O5S. The third-order valence-electron chi connectivity index (χ3n) is 5.37. The van der Waals surface area contributed by atoms with Crippen molar-refractivity contribution in [2.24, 2.45) is 0 Å². The highest BCUT2D eigenvalue weighted by Gasteiger charge is 2.34. The van der Waals surface area contributed by atoms with Gasteiger partial charge in [-0.05, 0) is 28.8 Å².